The molecule has 0 aromatic heterocycles. The van der Waals surface area contributed by atoms with E-state index in [1.807, 2.05) is 0 Å². The molecule has 20 heavy (non-hydrogen) atoms. The summed E-state index contributed by atoms with van der Waals surface area (Å²) in [4.78, 5) is 16.5. The normalized spacial score (nSPS) is 40.1. The Bertz CT molecular complexity index is 495. The van der Waals surface area contributed by atoms with Crippen LogP contribution in [0, 0.1) is 11.3 Å². The van der Waals surface area contributed by atoms with Crippen molar-refractivity contribution in [3.8, 4) is 0 Å². The number of rotatable bonds is 3. The summed E-state index contributed by atoms with van der Waals surface area (Å²) in [5, 5.41) is 0. The Balaban J connectivity index is 1.45. The maximum atomic E-state index is 11.8. The molecule has 108 valence electrons. The first-order valence-electron chi connectivity index (χ1n) is 8.13. The first-order chi connectivity index (χ1) is 9.73. The number of nitrogens with zero attached hydrogens (tertiary/aromatic N) is 2. The Morgan fingerprint density at radius 3 is 2.95 bits per heavy atom. The molecule has 4 rings (SSSR count). The van der Waals surface area contributed by atoms with Crippen LogP contribution >= 0.6 is 0 Å². The van der Waals surface area contributed by atoms with E-state index in [-0.39, 0.29) is 0 Å². The summed E-state index contributed by atoms with van der Waals surface area (Å²) in [5.41, 5.74) is 2.04. The third-order valence-electron chi connectivity index (χ3n) is 5.83. The highest BCUT2D eigenvalue weighted by Crippen LogP contribution is 2.62. The van der Waals surface area contributed by atoms with Gasteiger partial charge in [-0.1, -0.05) is 25.2 Å². The summed E-state index contributed by atoms with van der Waals surface area (Å²) in [6.07, 6.45) is 11.2. The molecule has 0 bridgehead atoms. The van der Waals surface area contributed by atoms with Crippen molar-refractivity contribution < 1.29 is 4.79 Å². The topological polar surface area (TPSA) is 23.6 Å². The van der Waals surface area contributed by atoms with Crippen molar-refractivity contribution >= 4 is 5.91 Å². The maximum Gasteiger partial charge on any atom is 0.223 e. The van der Waals surface area contributed by atoms with Crippen LogP contribution in [0.15, 0.2) is 23.8 Å². The van der Waals surface area contributed by atoms with Crippen LogP contribution < -0.4 is 0 Å². The van der Waals surface area contributed by atoms with Crippen molar-refractivity contribution in [1.82, 2.24) is 9.80 Å². The molecule has 0 N–H and O–H groups in total. The SMILES string of the molecule is CCN1CC2CC2(C2=CCC(N3CCCC3=O)C=C2)C1. The van der Waals surface area contributed by atoms with Crippen molar-refractivity contribution in [3.05, 3.63) is 23.8 Å². The number of hydrogen-bond donors (Lipinski definition) is 0. The quantitative estimate of drug-likeness (QED) is 0.786. The summed E-state index contributed by atoms with van der Waals surface area (Å²) in [6, 6.07) is 0.325. The largest absolute Gasteiger partial charge is 0.336 e. The predicted molar refractivity (Wildman–Crippen MR) is 79.2 cm³/mol. The summed E-state index contributed by atoms with van der Waals surface area (Å²) < 4.78 is 0. The van der Waals surface area contributed by atoms with Crippen molar-refractivity contribution in [2.45, 2.75) is 38.6 Å². The van der Waals surface area contributed by atoms with Crippen LogP contribution in [0.5, 0.6) is 0 Å². The van der Waals surface area contributed by atoms with E-state index in [4.69, 9.17) is 0 Å². The Morgan fingerprint density at radius 1 is 1.45 bits per heavy atom. The second-order valence-corrected chi connectivity index (χ2v) is 6.90. The minimum absolute atomic E-state index is 0.325. The molecule has 3 atom stereocenters. The van der Waals surface area contributed by atoms with E-state index in [1.165, 1.54) is 26.1 Å². The van der Waals surface area contributed by atoms with Gasteiger partial charge in [0.05, 0.1) is 6.04 Å². The van der Waals surface area contributed by atoms with Gasteiger partial charge in [0, 0.05) is 31.5 Å². The van der Waals surface area contributed by atoms with Crippen LogP contribution in [0.1, 0.15) is 32.6 Å². The Hall–Kier alpha value is -1.09. The highest BCUT2D eigenvalue weighted by atomic mass is 16.2. The molecule has 4 aliphatic rings. The third kappa shape index (κ3) is 1.79. The van der Waals surface area contributed by atoms with Crippen molar-refractivity contribution in [2.75, 3.05) is 26.2 Å². The summed E-state index contributed by atoms with van der Waals surface area (Å²) in [5.74, 6) is 1.24. The lowest BCUT2D eigenvalue weighted by Crippen LogP contribution is -2.35. The van der Waals surface area contributed by atoms with E-state index < -0.39 is 0 Å². The number of piperidine rings is 1. The second-order valence-electron chi connectivity index (χ2n) is 6.90. The molecule has 0 aromatic carbocycles. The molecule has 3 nitrogen and oxygen atoms in total. The molecule has 3 heteroatoms. The summed E-state index contributed by atoms with van der Waals surface area (Å²) in [7, 11) is 0. The molecular formula is C17H24N2O. The molecule has 0 aromatic rings. The molecule has 0 radical (unpaired) electrons. The van der Waals surface area contributed by atoms with Gasteiger partial charge in [-0.05, 0) is 37.3 Å². The Kier molecular flexibility index (Phi) is 2.81. The van der Waals surface area contributed by atoms with Gasteiger partial charge in [0.2, 0.25) is 5.91 Å². The summed E-state index contributed by atoms with van der Waals surface area (Å²) in [6.45, 7) is 6.93. The van der Waals surface area contributed by atoms with Crippen LogP contribution in [0.4, 0.5) is 0 Å². The van der Waals surface area contributed by atoms with Crippen molar-refractivity contribution in [3.63, 3.8) is 0 Å². The molecule has 2 aliphatic carbocycles. The average Bonchev–Trinajstić information content (AvgIpc) is 2.84. The van der Waals surface area contributed by atoms with Gasteiger partial charge in [0.15, 0.2) is 0 Å². The number of carbonyl (C=O) groups is 1. The molecule has 3 fully saturated rings. The minimum Gasteiger partial charge on any atom is -0.336 e. The second kappa shape index (κ2) is 4.45. The molecule has 2 aliphatic heterocycles. The highest BCUT2D eigenvalue weighted by molar-refractivity contribution is 5.78. The fraction of sp³-hybridized carbons (Fsp3) is 0.706. The molecule has 1 amide bonds. The van der Waals surface area contributed by atoms with Crippen LogP contribution in [-0.4, -0.2) is 47.9 Å². The number of fused-ring (bicyclic) bond motifs is 1. The number of allylic oxidation sites excluding steroid dienone is 1. The van der Waals surface area contributed by atoms with Crippen LogP contribution in [0.2, 0.25) is 0 Å². The molecule has 2 saturated heterocycles. The van der Waals surface area contributed by atoms with Gasteiger partial charge in [-0.3, -0.25) is 4.79 Å². The monoisotopic (exact) mass is 272 g/mol. The van der Waals surface area contributed by atoms with Gasteiger partial charge in [-0.25, -0.2) is 0 Å². The van der Waals surface area contributed by atoms with E-state index in [9.17, 15) is 4.79 Å². The Labute approximate surface area is 121 Å². The zero-order chi connectivity index (χ0) is 13.7. The van der Waals surface area contributed by atoms with Crippen molar-refractivity contribution in [2.24, 2.45) is 11.3 Å². The molecule has 1 saturated carbocycles. The van der Waals surface area contributed by atoms with Crippen LogP contribution in [-0.2, 0) is 4.79 Å². The van der Waals surface area contributed by atoms with Gasteiger partial charge in [0.1, 0.15) is 0 Å². The van der Waals surface area contributed by atoms with Gasteiger partial charge < -0.3 is 9.80 Å². The van der Waals surface area contributed by atoms with Gasteiger partial charge in [0.25, 0.3) is 0 Å². The van der Waals surface area contributed by atoms with Crippen LogP contribution in [0.3, 0.4) is 0 Å². The maximum absolute atomic E-state index is 11.8. The van der Waals surface area contributed by atoms with E-state index in [0.717, 1.165) is 31.7 Å². The molecule has 0 spiro atoms. The van der Waals surface area contributed by atoms with E-state index in [0.29, 0.717) is 17.4 Å². The summed E-state index contributed by atoms with van der Waals surface area (Å²) >= 11 is 0. The number of hydrogen-bond acceptors (Lipinski definition) is 2. The zero-order valence-corrected chi connectivity index (χ0v) is 12.3. The number of likely N-dealkylation sites (tertiary alicyclic amines) is 2. The van der Waals surface area contributed by atoms with Gasteiger partial charge >= 0.3 is 0 Å². The minimum atomic E-state index is 0.325. The number of carbonyl (C=O) groups excluding carboxylic acids is 1. The van der Waals surface area contributed by atoms with Crippen LogP contribution in [0.25, 0.3) is 0 Å². The molecule has 2 heterocycles. The highest BCUT2D eigenvalue weighted by Gasteiger charge is 2.60. The van der Waals surface area contributed by atoms with E-state index in [1.54, 1.807) is 5.57 Å². The first kappa shape index (κ1) is 12.6. The predicted octanol–water partition coefficient (Wildman–Crippen LogP) is 2.21. The van der Waals surface area contributed by atoms with E-state index in [2.05, 4.69) is 35.0 Å². The molecular weight excluding hydrogens is 248 g/mol. The first-order valence-corrected chi connectivity index (χ1v) is 8.13. The molecule has 3 unspecified atom stereocenters. The third-order valence-corrected chi connectivity index (χ3v) is 5.83. The van der Waals surface area contributed by atoms with Crippen molar-refractivity contribution in [1.29, 1.82) is 0 Å². The Morgan fingerprint density at radius 2 is 2.35 bits per heavy atom. The van der Waals surface area contributed by atoms with E-state index >= 15 is 0 Å². The lowest BCUT2D eigenvalue weighted by molar-refractivity contribution is -0.128. The fourth-order valence-corrected chi connectivity index (χ4v) is 4.50. The average molecular weight is 272 g/mol. The number of amides is 1. The lowest BCUT2D eigenvalue weighted by atomic mass is 9.88. The zero-order valence-electron chi connectivity index (χ0n) is 12.3. The lowest BCUT2D eigenvalue weighted by Gasteiger charge is -2.28. The van der Waals surface area contributed by atoms with Gasteiger partial charge in [-0.15, -0.1) is 0 Å². The smallest absolute Gasteiger partial charge is 0.223 e. The van der Waals surface area contributed by atoms with Gasteiger partial charge in [-0.2, -0.15) is 0 Å². The fourth-order valence-electron chi connectivity index (χ4n) is 4.50. The standard InChI is InChI=1S/C17H24N2O/c1-2-18-11-14-10-17(14,12-18)13-5-7-15(8-6-13)19-9-3-4-16(19)20/h5-7,14-15H,2-4,8-12H2,1H3.